The highest BCUT2D eigenvalue weighted by atomic mass is 16.5. The number of carbonyl (C=O) groups excluding carboxylic acids is 1. The van der Waals surface area contributed by atoms with E-state index in [1.54, 1.807) is 24.5 Å². The Labute approximate surface area is 216 Å². The smallest absolute Gasteiger partial charge is 0.316 e. The predicted octanol–water partition coefficient (Wildman–Crippen LogP) is 6.84. The summed E-state index contributed by atoms with van der Waals surface area (Å²) in [5.74, 6) is 0.848. The molecule has 1 aliphatic rings. The van der Waals surface area contributed by atoms with E-state index in [9.17, 15) is 9.90 Å². The van der Waals surface area contributed by atoms with E-state index >= 15 is 0 Å². The maximum absolute atomic E-state index is 12.4. The zero-order valence-electron chi connectivity index (χ0n) is 21.1. The van der Waals surface area contributed by atoms with Crippen molar-refractivity contribution >= 4 is 11.7 Å². The van der Waals surface area contributed by atoms with E-state index in [4.69, 9.17) is 9.26 Å². The lowest BCUT2D eigenvalue weighted by Crippen LogP contribution is -2.23. The van der Waals surface area contributed by atoms with Crippen LogP contribution in [-0.4, -0.2) is 27.8 Å². The first-order valence-electron chi connectivity index (χ1n) is 12.6. The van der Waals surface area contributed by atoms with Crippen LogP contribution in [0.2, 0.25) is 0 Å². The van der Waals surface area contributed by atoms with Crippen LogP contribution in [0.15, 0.2) is 83.7 Å². The van der Waals surface area contributed by atoms with Crippen molar-refractivity contribution in [3.63, 3.8) is 0 Å². The molecule has 0 spiro atoms. The largest absolute Gasteiger partial charge is 0.508 e. The molecule has 1 aliphatic carbocycles. The van der Waals surface area contributed by atoms with Crippen LogP contribution in [0.1, 0.15) is 48.6 Å². The molecule has 0 saturated heterocycles. The maximum Gasteiger partial charge on any atom is 0.316 e. The van der Waals surface area contributed by atoms with Crippen molar-refractivity contribution < 1.29 is 19.2 Å². The summed E-state index contributed by atoms with van der Waals surface area (Å²) >= 11 is 0. The lowest BCUT2D eigenvalue weighted by molar-refractivity contribution is -0.146. The normalized spacial score (nSPS) is 14.4. The van der Waals surface area contributed by atoms with Gasteiger partial charge in [0.15, 0.2) is 5.76 Å². The first-order chi connectivity index (χ1) is 18.0. The van der Waals surface area contributed by atoms with Crippen LogP contribution < -0.4 is 0 Å². The molecule has 0 amide bonds. The zero-order valence-corrected chi connectivity index (χ0v) is 21.1. The van der Waals surface area contributed by atoms with Crippen LogP contribution >= 0.6 is 0 Å². The topological polar surface area (TPSA) is 85.5 Å². The number of rotatable bonds is 9. The van der Waals surface area contributed by atoms with E-state index in [0.717, 1.165) is 52.1 Å². The Morgan fingerprint density at radius 3 is 2.35 bits per heavy atom. The molecule has 2 aromatic carbocycles. The third-order valence-electron chi connectivity index (χ3n) is 7.01. The Hall–Kier alpha value is -4.19. The van der Waals surface area contributed by atoms with Crippen LogP contribution in [0.3, 0.4) is 0 Å². The van der Waals surface area contributed by atoms with E-state index in [1.165, 1.54) is 0 Å². The van der Waals surface area contributed by atoms with Gasteiger partial charge in [-0.15, -0.1) is 0 Å². The Morgan fingerprint density at radius 2 is 1.73 bits per heavy atom. The summed E-state index contributed by atoms with van der Waals surface area (Å²) in [4.78, 5) is 16.4. The van der Waals surface area contributed by atoms with Gasteiger partial charge in [-0.05, 0) is 74.4 Å². The van der Waals surface area contributed by atoms with E-state index in [-0.39, 0.29) is 11.7 Å². The minimum Gasteiger partial charge on any atom is -0.508 e. The van der Waals surface area contributed by atoms with E-state index in [0.29, 0.717) is 25.0 Å². The highest BCUT2D eigenvalue weighted by molar-refractivity contribution is 5.87. The van der Waals surface area contributed by atoms with Gasteiger partial charge in [-0.3, -0.25) is 9.78 Å². The molecule has 0 aliphatic heterocycles. The molecule has 0 unspecified atom stereocenters. The number of benzene rings is 2. The van der Waals surface area contributed by atoms with Crippen LogP contribution in [0.4, 0.5) is 0 Å². The molecule has 1 saturated carbocycles. The second-order valence-electron chi connectivity index (χ2n) is 9.40. The van der Waals surface area contributed by atoms with Gasteiger partial charge in [-0.2, -0.15) is 0 Å². The Kier molecular flexibility index (Phi) is 6.91. The number of hydrogen-bond acceptors (Lipinski definition) is 6. The number of allylic oxidation sites excluding steroid dienone is 1. The Bertz CT molecular complexity index is 1400. The molecule has 2 aromatic heterocycles. The highest BCUT2D eigenvalue weighted by Crippen LogP contribution is 2.49. The van der Waals surface area contributed by atoms with Crippen molar-refractivity contribution in [3.05, 3.63) is 102 Å². The third-order valence-corrected chi connectivity index (χ3v) is 7.01. The average molecular weight is 495 g/mol. The Morgan fingerprint density at radius 1 is 1.05 bits per heavy atom. The maximum atomic E-state index is 12.4. The second kappa shape index (κ2) is 10.4. The minimum absolute atomic E-state index is 0.118. The summed E-state index contributed by atoms with van der Waals surface area (Å²) in [6.45, 7) is 4.18. The van der Waals surface area contributed by atoms with Crippen molar-refractivity contribution in [2.45, 2.75) is 44.9 Å². The van der Waals surface area contributed by atoms with E-state index in [2.05, 4.69) is 34.4 Å². The van der Waals surface area contributed by atoms with Crippen molar-refractivity contribution in [2.75, 3.05) is 6.61 Å². The molecular weight excluding hydrogens is 464 g/mol. The molecule has 0 bridgehead atoms. The van der Waals surface area contributed by atoms with Gasteiger partial charge in [-0.1, -0.05) is 53.7 Å². The zero-order chi connectivity index (χ0) is 25.8. The summed E-state index contributed by atoms with van der Waals surface area (Å²) in [5, 5.41) is 14.5. The molecule has 0 radical (unpaired) electrons. The van der Waals surface area contributed by atoms with Gasteiger partial charge in [0.25, 0.3) is 0 Å². The highest BCUT2D eigenvalue weighted by Gasteiger charge is 2.52. The third kappa shape index (κ3) is 5.05. The lowest BCUT2D eigenvalue weighted by Gasteiger charge is -2.14. The summed E-state index contributed by atoms with van der Waals surface area (Å²) in [5.41, 5.74) is 6.26. The van der Waals surface area contributed by atoms with Gasteiger partial charge in [0, 0.05) is 29.1 Å². The van der Waals surface area contributed by atoms with Crippen LogP contribution in [-0.2, 0) is 21.4 Å². The molecule has 1 fully saturated rings. The Balaban J connectivity index is 1.29. The van der Waals surface area contributed by atoms with E-state index in [1.807, 2.05) is 44.2 Å². The monoisotopic (exact) mass is 494 g/mol. The fraction of sp³-hybridized carbons (Fsp3) is 0.258. The summed E-state index contributed by atoms with van der Waals surface area (Å²) < 4.78 is 11.0. The van der Waals surface area contributed by atoms with Crippen LogP contribution in [0, 0.1) is 6.92 Å². The van der Waals surface area contributed by atoms with Gasteiger partial charge < -0.3 is 14.4 Å². The molecule has 6 heteroatoms. The number of aromatic nitrogens is 2. The number of ether oxygens (including phenoxy) is 1. The van der Waals surface area contributed by atoms with Gasteiger partial charge >= 0.3 is 5.97 Å². The standard InChI is InChI=1S/C31H30N2O4/c1-3-36-30(35)31(17-18-31)26-15-13-23(14-16-26)22-9-11-24(12-10-22)29-27(21(2)33-37-29)7-4-8-28(34)25-6-5-19-32-20-25/h5-6,8-16,19-20,34H,3-4,7,17-18H2,1-2H3/b28-8-. The minimum atomic E-state index is -0.455. The molecule has 6 nitrogen and oxygen atoms in total. The van der Waals surface area contributed by atoms with Crippen molar-refractivity contribution in [3.8, 4) is 22.5 Å². The molecule has 2 heterocycles. The van der Waals surface area contributed by atoms with Crippen molar-refractivity contribution in [1.82, 2.24) is 10.1 Å². The molecular formula is C31H30N2O4. The van der Waals surface area contributed by atoms with Crippen LogP contribution in [0.25, 0.3) is 28.2 Å². The van der Waals surface area contributed by atoms with Gasteiger partial charge in [0.2, 0.25) is 0 Å². The SMILES string of the molecule is CCOC(=O)C1(c2ccc(-c3ccc(-c4onc(C)c4CC/C=C(\O)c4cccnc4)cc3)cc2)CC1. The first-order valence-corrected chi connectivity index (χ1v) is 12.6. The second-order valence-corrected chi connectivity index (χ2v) is 9.40. The number of aliphatic hydroxyl groups excluding tert-OH is 1. The first kappa shape index (κ1) is 24.5. The van der Waals surface area contributed by atoms with E-state index < -0.39 is 5.41 Å². The summed E-state index contributed by atoms with van der Waals surface area (Å²) in [7, 11) is 0. The number of nitrogens with zero attached hydrogens (tertiary/aromatic N) is 2. The molecule has 1 N–H and O–H groups in total. The number of carbonyl (C=O) groups is 1. The molecule has 188 valence electrons. The van der Waals surface area contributed by atoms with Gasteiger partial charge in [0.1, 0.15) is 5.76 Å². The quantitative estimate of drug-likeness (QED) is 0.203. The number of esters is 1. The molecule has 5 rings (SSSR count). The fourth-order valence-electron chi connectivity index (χ4n) is 4.70. The summed E-state index contributed by atoms with van der Waals surface area (Å²) in [6, 6.07) is 20.0. The average Bonchev–Trinajstić information content (AvgIpc) is 3.68. The number of aryl methyl sites for hydroxylation is 1. The molecule has 4 aromatic rings. The van der Waals surface area contributed by atoms with Crippen LogP contribution in [0.5, 0.6) is 0 Å². The van der Waals surface area contributed by atoms with Gasteiger partial charge in [0.05, 0.1) is 17.7 Å². The van der Waals surface area contributed by atoms with Crippen molar-refractivity contribution in [1.29, 1.82) is 0 Å². The van der Waals surface area contributed by atoms with Crippen molar-refractivity contribution in [2.24, 2.45) is 0 Å². The lowest BCUT2D eigenvalue weighted by atomic mass is 9.93. The summed E-state index contributed by atoms with van der Waals surface area (Å²) in [6.07, 6.45) is 8.15. The molecule has 0 atom stereocenters. The fourth-order valence-corrected chi connectivity index (χ4v) is 4.70. The number of hydrogen-bond donors (Lipinski definition) is 1. The number of aliphatic hydroxyl groups is 1. The van der Waals surface area contributed by atoms with Gasteiger partial charge in [-0.25, -0.2) is 0 Å². The number of pyridine rings is 1. The molecule has 37 heavy (non-hydrogen) atoms. The predicted molar refractivity (Wildman–Crippen MR) is 143 cm³/mol.